The van der Waals surface area contributed by atoms with Gasteiger partial charge in [0.15, 0.2) is 5.43 Å². The molecule has 0 bridgehead atoms. The third kappa shape index (κ3) is 3.85. The van der Waals surface area contributed by atoms with Crippen molar-refractivity contribution in [3.63, 3.8) is 0 Å². The molecular formula is C24H24N4O. The standard InChI is InChI=1S/C24H24N4O/c1-3-14-25-21-15-20-22(29)16-23(27-18-10-6-4-7-11-18)28(24(20)26-17(21)2)19-12-8-5-9-13-19/h3,5-6,8-13,15-16,25,27H,1,4,7,14H2,2H3. The number of aryl methyl sites for hydroxylation is 1. The summed E-state index contributed by atoms with van der Waals surface area (Å²) < 4.78 is 2.00. The Morgan fingerprint density at radius 1 is 1.21 bits per heavy atom. The number of pyridine rings is 2. The number of rotatable bonds is 6. The van der Waals surface area contributed by atoms with Gasteiger partial charge in [-0.25, -0.2) is 4.98 Å². The number of benzene rings is 1. The van der Waals surface area contributed by atoms with E-state index in [9.17, 15) is 4.79 Å². The van der Waals surface area contributed by atoms with E-state index < -0.39 is 0 Å². The SMILES string of the molecule is C=CCNc1cc2c(=O)cc(NC3=CCCC=C3)n(-c3ccccc3)c2nc1C. The molecule has 2 N–H and O–H groups in total. The summed E-state index contributed by atoms with van der Waals surface area (Å²) in [5, 5.41) is 7.25. The fraction of sp³-hybridized carbons (Fsp3) is 0.167. The topological polar surface area (TPSA) is 59.0 Å². The van der Waals surface area contributed by atoms with Crippen molar-refractivity contribution in [1.82, 2.24) is 9.55 Å². The maximum Gasteiger partial charge on any atom is 0.193 e. The summed E-state index contributed by atoms with van der Waals surface area (Å²) >= 11 is 0. The maximum absolute atomic E-state index is 13.0. The van der Waals surface area contributed by atoms with Crippen molar-refractivity contribution in [1.29, 1.82) is 0 Å². The van der Waals surface area contributed by atoms with Crippen LogP contribution >= 0.6 is 0 Å². The van der Waals surface area contributed by atoms with E-state index in [0.717, 1.165) is 35.6 Å². The second-order valence-corrected chi connectivity index (χ2v) is 6.99. The first-order chi connectivity index (χ1) is 14.2. The van der Waals surface area contributed by atoms with Gasteiger partial charge in [-0.05, 0) is 44.0 Å². The zero-order chi connectivity index (χ0) is 20.2. The third-order valence-electron chi connectivity index (χ3n) is 4.90. The van der Waals surface area contributed by atoms with Crippen molar-refractivity contribution < 1.29 is 0 Å². The predicted molar refractivity (Wildman–Crippen MR) is 121 cm³/mol. The summed E-state index contributed by atoms with van der Waals surface area (Å²) in [6.07, 6.45) is 10.1. The normalized spacial score (nSPS) is 13.2. The van der Waals surface area contributed by atoms with E-state index in [0.29, 0.717) is 23.4 Å². The van der Waals surface area contributed by atoms with E-state index >= 15 is 0 Å². The molecule has 0 aliphatic heterocycles. The van der Waals surface area contributed by atoms with Gasteiger partial charge in [-0.1, -0.05) is 36.4 Å². The number of fused-ring (bicyclic) bond motifs is 1. The van der Waals surface area contributed by atoms with Crippen LogP contribution in [-0.4, -0.2) is 16.1 Å². The fourth-order valence-corrected chi connectivity index (χ4v) is 3.47. The van der Waals surface area contributed by atoms with Gasteiger partial charge in [0, 0.05) is 24.0 Å². The van der Waals surface area contributed by atoms with E-state index in [2.05, 4.69) is 35.4 Å². The summed E-state index contributed by atoms with van der Waals surface area (Å²) in [6, 6.07) is 13.5. The highest BCUT2D eigenvalue weighted by atomic mass is 16.1. The Labute approximate surface area is 170 Å². The third-order valence-corrected chi connectivity index (χ3v) is 4.90. The molecule has 0 spiro atoms. The van der Waals surface area contributed by atoms with Crippen LogP contribution in [-0.2, 0) is 0 Å². The second-order valence-electron chi connectivity index (χ2n) is 6.99. The van der Waals surface area contributed by atoms with Gasteiger partial charge in [-0.2, -0.15) is 0 Å². The number of hydrogen-bond acceptors (Lipinski definition) is 4. The highest BCUT2D eigenvalue weighted by Crippen LogP contribution is 2.26. The molecule has 0 saturated heterocycles. The minimum Gasteiger partial charge on any atom is -0.380 e. The van der Waals surface area contributed by atoms with Gasteiger partial charge in [0.05, 0.1) is 16.8 Å². The first kappa shape index (κ1) is 18.7. The minimum absolute atomic E-state index is 0.0655. The van der Waals surface area contributed by atoms with Crippen molar-refractivity contribution in [3.8, 4) is 5.69 Å². The van der Waals surface area contributed by atoms with Crippen molar-refractivity contribution in [2.75, 3.05) is 17.2 Å². The molecule has 1 aromatic carbocycles. The number of hydrogen-bond donors (Lipinski definition) is 2. The van der Waals surface area contributed by atoms with Gasteiger partial charge in [0.2, 0.25) is 0 Å². The van der Waals surface area contributed by atoms with Crippen LogP contribution in [0.1, 0.15) is 18.5 Å². The molecule has 0 fully saturated rings. The molecule has 0 amide bonds. The number of anilines is 2. The van der Waals surface area contributed by atoms with Crippen LogP contribution < -0.4 is 16.1 Å². The quantitative estimate of drug-likeness (QED) is 0.591. The van der Waals surface area contributed by atoms with E-state index in [1.165, 1.54) is 0 Å². The zero-order valence-corrected chi connectivity index (χ0v) is 16.5. The van der Waals surface area contributed by atoms with Gasteiger partial charge >= 0.3 is 0 Å². The lowest BCUT2D eigenvalue weighted by atomic mass is 10.1. The van der Waals surface area contributed by atoms with E-state index in [4.69, 9.17) is 4.98 Å². The van der Waals surface area contributed by atoms with Crippen LogP contribution in [0.5, 0.6) is 0 Å². The van der Waals surface area contributed by atoms with E-state index in [1.54, 1.807) is 12.1 Å². The van der Waals surface area contributed by atoms with Crippen LogP contribution in [0, 0.1) is 6.92 Å². The molecule has 5 heteroatoms. The Bertz CT molecular complexity index is 1170. The largest absolute Gasteiger partial charge is 0.380 e. The van der Waals surface area contributed by atoms with Gasteiger partial charge in [-0.3, -0.25) is 9.36 Å². The molecule has 146 valence electrons. The molecule has 2 aromatic heterocycles. The Morgan fingerprint density at radius 2 is 2.03 bits per heavy atom. The van der Waals surface area contributed by atoms with Gasteiger partial charge in [0.25, 0.3) is 0 Å². The summed E-state index contributed by atoms with van der Waals surface area (Å²) in [4.78, 5) is 17.8. The molecule has 29 heavy (non-hydrogen) atoms. The van der Waals surface area contributed by atoms with Gasteiger partial charge in [-0.15, -0.1) is 6.58 Å². The fourth-order valence-electron chi connectivity index (χ4n) is 3.47. The van der Waals surface area contributed by atoms with Crippen LogP contribution in [0.4, 0.5) is 11.5 Å². The highest BCUT2D eigenvalue weighted by Gasteiger charge is 2.15. The second kappa shape index (κ2) is 8.19. The van der Waals surface area contributed by atoms with Crippen molar-refractivity contribution >= 4 is 22.5 Å². The molecule has 2 heterocycles. The maximum atomic E-state index is 13.0. The van der Waals surface area contributed by atoms with Crippen molar-refractivity contribution in [3.05, 3.63) is 95.0 Å². The zero-order valence-electron chi connectivity index (χ0n) is 16.5. The number of para-hydroxylation sites is 1. The Hall–Kier alpha value is -3.60. The van der Waals surface area contributed by atoms with Gasteiger partial charge < -0.3 is 10.6 Å². The van der Waals surface area contributed by atoms with Crippen LogP contribution in [0.25, 0.3) is 16.7 Å². The lowest BCUT2D eigenvalue weighted by molar-refractivity contribution is 1.00. The lowest BCUT2D eigenvalue weighted by Gasteiger charge is -2.20. The average Bonchev–Trinajstić information content (AvgIpc) is 2.74. The molecule has 5 nitrogen and oxygen atoms in total. The Balaban J connectivity index is 1.95. The van der Waals surface area contributed by atoms with Crippen LogP contribution in [0.3, 0.4) is 0 Å². The number of nitrogens with zero attached hydrogens (tertiary/aromatic N) is 2. The number of nitrogens with one attached hydrogen (secondary N) is 2. The predicted octanol–water partition coefficient (Wildman–Crippen LogP) is 4.94. The molecule has 0 unspecified atom stereocenters. The van der Waals surface area contributed by atoms with Crippen LogP contribution in [0.2, 0.25) is 0 Å². The first-order valence-corrected chi connectivity index (χ1v) is 9.78. The minimum atomic E-state index is -0.0655. The van der Waals surface area contributed by atoms with E-state index in [-0.39, 0.29) is 5.43 Å². The number of allylic oxidation sites excluding steroid dienone is 3. The Morgan fingerprint density at radius 3 is 2.76 bits per heavy atom. The molecule has 4 rings (SSSR count). The lowest BCUT2D eigenvalue weighted by Crippen LogP contribution is -2.16. The smallest absolute Gasteiger partial charge is 0.193 e. The van der Waals surface area contributed by atoms with Gasteiger partial charge in [0.1, 0.15) is 11.5 Å². The van der Waals surface area contributed by atoms with E-state index in [1.807, 2.05) is 47.9 Å². The molecule has 3 aromatic rings. The molecular weight excluding hydrogens is 360 g/mol. The highest BCUT2D eigenvalue weighted by molar-refractivity contribution is 5.84. The monoisotopic (exact) mass is 384 g/mol. The molecule has 0 saturated carbocycles. The van der Waals surface area contributed by atoms with Crippen molar-refractivity contribution in [2.45, 2.75) is 19.8 Å². The van der Waals surface area contributed by atoms with Crippen molar-refractivity contribution in [2.24, 2.45) is 0 Å². The summed E-state index contributed by atoms with van der Waals surface area (Å²) in [6.45, 7) is 6.29. The summed E-state index contributed by atoms with van der Waals surface area (Å²) in [5.41, 5.74) is 4.17. The van der Waals surface area contributed by atoms with Crippen LogP contribution in [0.15, 0.2) is 83.8 Å². The number of aromatic nitrogens is 2. The molecule has 1 aliphatic carbocycles. The molecule has 0 radical (unpaired) electrons. The molecule has 1 aliphatic rings. The summed E-state index contributed by atoms with van der Waals surface area (Å²) in [5.74, 6) is 0.699. The summed E-state index contributed by atoms with van der Waals surface area (Å²) in [7, 11) is 0. The first-order valence-electron chi connectivity index (χ1n) is 9.78. The molecule has 0 atom stereocenters. The average molecular weight is 384 g/mol. The Kier molecular flexibility index (Phi) is 5.29.